The van der Waals surface area contributed by atoms with Crippen LogP contribution in [0.25, 0.3) is 11.3 Å². The molecule has 3 aliphatic rings. The Balaban J connectivity index is 1.20. The summed E-state index contributed by atoms with van der Waals surface area (Å²) >= 11 is 0. The average molecular weight is 674 g/mol. The number of rotatable bonds is 12. The first-order chi connectivity index (χ1) is 23.6. The van der Waals surface area contributed by atoms with Crippen molar-refractivity contribution in [3.05, 3.63) is 90.1 Å². The second-order valence-corrected chi connectivity index (χ2v) is 13.2. The number of carbonyl (C=O) groups is 3. The Morgan fingerprint density at radius 1 is 1.06 bits per heavy atom. The van der Waals surface area contributed by atoms with Crippen LogP contribution in [0.2, 0.25) is 0 Å². The molecule has 0 bridgehead atoms. The van der Waals surface area contributed by atoms with Crippen LogP contribution in [0, 0.1) is 5.92 Å². The number of amides is 3. The molecule has 6 rings (SSSR count). The van der Waals surface area contributed by atoms with Crippen LogP contribution in [0.15, 0.2) is 79.0 Å². The molecule has 3 aromatic rings. The van der Waals surface area contributed by atoms with Gasteiger partial charge in [-0.05, 0) is 49.9 Å². The van der Waals surface area contributed by atoms with Crippen LogP contribution in [-0.2, 0) is 36.7 Å². The van der Waals surface area contributed by atoms with Gasteiger partial charge in [0.05, 0.1) is 37.0 Å². The minimum atomic E-state index is -1.16. The van der Waals surface area contributed by atoms with E-state index in [0.29, 0.717) is 13.0 Å². The zero-order valence-electron chi connectivity index (χ0n) is 27.9. The van der Waals surface area contributed by atoms with E-state index in [1.165, 1.54) is 11.9 Å². The molecule has 0 saturated carbocycles. The number of hydrazine groups is 1. The van der Waals surface area contributed by atoms with Crippen LogP contribution >= 0.6 is 0 Å². The van der Waals surface area contributed by atoms with Gasteiger partial charge >= 0.3 is 12.2 Å². The lowest BCUT2D eigenvalue weighted by molar-refractivity contribution is -0.133. The van der Waals surface area contributed by atoms with Crippen LogP contribution in [0.4, 0.5) is 9.59 Å². The molecule has 13 nitrogen and oxygen atoms in total. The first kappa shape index (κ1) is 34.3. The minimum Gasteiger partial charge on any atom is -0.443 e. The lowest BCUT2D eigenvalue weighted by atomic mass is 9.98. The summed E-state index contributed by atoms with van der Waals surface area (Å²) in [5.41, 5.74) is 5.33. The van der Waals surface area contributed by atoms with Gasteiger partial charge in [-0.3, -0.25) is 20.1 Å². The van der Waals surface area contributed by atoms with Gasteiger partial charge in [0.25, 0.3) is 5.91 Å². The maximum absolute atomic E-state index is 13.7. The molecule has 260 valence electrons. The number of carbonyl (C=O) groups excluding carboxylic acids is 3. The molecule has 1 aromatic heterocycles. The van der Waals surface area contributed by atoms with Crippen molar-refractivity contribution in [2.45, 2.75) is 69.4 Å². The molecule has 2 aromatic carbocycles. The third-order valence-corrected chi connectivity index (χ3v) is 9.21. The van der Waals surface area contributed by atoms with Crippen molar-refractivity contribution in [1.82, 2.24) is 25.6 Å². The third kappa shape index (κ3) is 8.19. The molecule has 0 aliphatic carbocycles. The topological polar surface area (TPSA) is 152 Å². The van der Waals surface area contributed by atoms with Gasteiger partial charge in [0.15, 0.2) is 12.3 Å². The monoisotopic (exact) mass is 673 g/mol. The summed E-state index contributed by atoms with van der Waals surface area (Å²) in [6.07, 6.45) is -0.492. The molecule has 3 amide bonds. The van der Waals surface area contributed by atoms with Gasteiger partial charge in [-0.1, -0.05) is 60.7 Å². The van der Waals surface area contributed by atoms with Crippen molar-refractivity contribution in [2.24, 2.45) is 5.92 Å². The Hall–Kier alpha value is -4.56. The van der Waals surface area contributed by atoms with E-state index in [2.05, 4.69) is 15.7 Å². The highest BCUT2D eigenvalue weighted by atomic mass is 16.7. The lowest BCUT2D eigenvalue weighted by Gasteiger charge is -2.33. The number of hydrogen-bond acceptors (Lipinski definition) is 10. The molecule has 0 radical (unpaired) electrons. The molecule has 3 N–H and O–H groups in total. The summed E-state index contributed by atoms with van der Waals surface area (Å²) < 4.78 is 22.4. The van der Waals surface area contributed by atoms with Gasteiger partial charge in [0.1, 0.15) is 11.7 Å². The summed E-state index contributed by atoms with van der Waals surface area (Å²) in [6.45, 7) is 4.29. The fraction of sp³-hybridized carbons (Fsp3) is 0.444. The Morgan fingerprint density at radius 3 is 2.51 bits per heavy atom. The van der Waals surface area contributed by atoms with Gasteiger partial charge in [-0.15, -0.1) is 0 Å². The molecule has 49 heavy (non-hydrogen) atoms. The molecule has 0 spiro atoms. The minimum absolute atomic E-state index is 0.0353. The zero-order valence-corrected chi connectivity index (χ0v) is 27.9. The van der Waals surface area contributed by atoms with Crippen molar-refractivity contribution < 1.29 is 38.4 Å². The Morgan fingerprint density at radius 2 is 1.82 bits per heavy atom. The van der Waals surface area contributed by atoms with E-state index in [0.717, 1.165) is 28.8 Å². The Labute approximate surface area is 285 Å². The number of hydrogen-bond donors (Lipinski definition) is 3. The first-order valence-corrected chi connectivity index (χ1v) is 16.5. The van der Waals surface area contributed by atoms with Gasteiger partial charge in [0.2, 0.25) is 0 Å². The van der Waals surface area contributed by atoms with Crippen molar-refractivity contribution in [2.75, 3.05) is 26.8 Å². The third-order valence-electron chi connectivity index (χ3n) is 9.21. The summed E-state index contributed by atoms with van der Waals surface area (Å²) in [5.74, 6) is -0.510. The highest BCUT2D eigenvalue weighted by molar-refractivity contribution is 5.89. The van der Waals surface area contributed by atoms with Crippen molar-refractivity contribution in [3.63, 3.8) is 0 Å². The second kappa shape index (κ2) is 14.9. The predicted octanol–water partition coefficient (Wildman–Crippen LogP) is 3.27. The molecule has 4 heterocycles. The Kier molecular flexibility index (Phi) is 10.4. The molecule has 13 heteroatoms. The zero-order chi connectivity index (χ0) is 34.5. The summed E-state index contributed by atoms with van der Waals surface area (Å²) in [6, 6.07) is 21.2. The largest absolute Gasteiger partial charge is 0.443 e. The molecular formula is C36H43N5O8. The number of aliphatic hydroxyl groups is 1. The van der Waals surface area contributed by atoms with Crippen LogP contribution in [-0.4, -0.2) is 101 Å². The van der Waals surface area contributed by atoms with Gasteiger partial charge in [-0.2, -0.15) is 0 Å². The lowest BCUT2D eigenvalue weighted by Crippen LogP contribution is -2.58. The van der Waals surface area contributed by atoms with E-state index in [1.807, 2.05) is 72.8 Å². The maximum atomic E-state index is 13.7. The second-order valence-electron chi connectivity index (χ2n) is 13.2. The van der Waals surface area contributed by atoms with Crippen LogP contribution < -0.4 is 10.7 Å². The highest BCUT2D eigenvalue weighted by Gasteiger charge is 2.50. The number of likely N-dealkylation sites (N-methyl/N-ethyl adjacent to an activating group) is 1. The van der Waals surface area contributed by atoms with Crippen molar-refractivity contribution >= 4 is 18.1 Å². The molecule has 3 fully saturated rings. The standard InChI is InChI=1S/C36H43N5O8/c1-36(2)31(40(3)35(45)49-36)32(43)39-41(20-24-12-14-25(15-13-24)27-11-7-8-17-37-27)21-29(42)28(19-23-9-5-4-6-10-23)38-34(44)48-30-22-47-33-26(30)16-18-46-33/h4-15,17,26,28-31,33,42H,16,18-22H2,1-3H3,(H,38,44)(H,39,43)/t26-,28-,29-,30-,31+,33+/m0/s1. The molecule has 0 unspecified atom stereocenters. The molecule has 3 saturated heterocycles. The average Bonchev–Trinajstić information content (AvgIpc) is 3.75. The maximum Gasteiger partial charge on any atom is 0.410 e. The number of aliphatic hydroxyl groups excluding tert-OH is 1. The number of cyclic esters (lactones) is 1. The van der Waals surface area contributed by atoms with Gasteiger partial charge in [-0.25, -0.2) is 14.6 Å². The van der Waals surface area contributed by atoms with E-state index < -0.39 is 48.0 Å². The number of pyridine rings is 1. The van der Waals surface area contributed by atoms with Crippen LogP contribution in [0.5, 0.6) is 0 Å². The number of aromatic nitrogens is 1. The summed E-state index contributed by atoms with van der Waals surface area (Å²) in [4.78, 5) is 45.0. The SMILES string of the molecule is CN1C(=O)OC(C)(C)[C@H]1C(=O)NN(Cc1ccc(-c2ccccn2)cc1)C[C@H](O)[C@H](Cc1ccccc1)NC(=O)O[C@H]1CO[C@H]2OCC[C@H]21. The predicted molar refractivity (Wildman–Crippen MR) is 177 cm³/mol. The molecule has 6 atom stereocenters. The van der Waals surface area contributed by atoms with Crippen molar-refractivity contribution in [1.29, 1.82) is 0 Å². The number of nitrogens with zero attached hydrogens (tertiary/aromatic N) is 3. The fourth-order valence-electron chi connectivity index (χ4n) is 6.69. The highest BCUT2D eigenvalue weighted by Crippen LogP contribution is 2.33. The normalized spacial score (nSPS) is 23.9. The van der Waals surface area contributed by atoms with E-state index in [-0.39, 0.29) is 31.9 Å². The van der Waals surface area contributed by atoms with E-state index in [9.17, 15) is 19.5 Å². The fourth-order valence-corrected chi connectivity index (χ4v) is 6.69. The first-order valence-electron chi connectivity index (χ1n) is 16.5. The smallest absolute Gasteiger partial charge is 0.410 e. The van der Waals surface area contributed by atoms with E-state index in [1.54, 1.807) is 25.1 Å². The Bertz CT molecular complexity index is 1590. The van der Waals surface area contributed by atoms with Crippen LogP contribution in [0.1, 0.15) is 31.4 Å². The molecular weight excluding hydrogens is 630 g/mol. The van der Waals surface area contributed by atoms with E-state index in [4.69, 9.17) is 18.9 Å². The number of alkyl carbamates (subject to hydrolysis) is 1. The quantitative estimate of drug-likeness (QED) is 0.245. The summed E-state index contributed by atoms with van der Waals surface area (Å²) in [5, 5.41) is 16.2. The number of nitrogens with one attached hydrogen (secondary N) is 2. The number of benzene rings is 2. The number of fused-ring (bicyclic) bond motifs is 1. The number of ether oxygens (including phenoxy) is 4. The summed E-state index contributed by atoms with van der Waals surface area (Å²) in [7, 11) is 1.51. The van der Waals surface area contributed by atoms with E-state index >= 15 is 0 Å². The van der Waals surface area contributed by atoms with Crippen molar-refractivity contribution in [3.8, 4) is 11.3 Å². The van der Waals surface area contributed by atoms with Gasteiger partial charge in [0, 0.05) is 31.9 Å². The van der Waals surface area contributed by atoms with Crippen LogP contribution in [0.3, 0.4) is 0 Å². The molecule has 3 aliphatic heterocycles. The van der Waals surface area contributed by atoms with Gasteiger partial charge < -0.3 is 29.4 Å².